The minimum absolute atomic E-state index is 0.0272. The van der Waals surface area contributed by atoms with Crippen LogP contribution in [0, 0.1) is 12.7 Å². The molecule has 1 fully saturated rings. The lowest BCUT2D eigenvalue weighted by Gasteiger charge is -2.32. The molecule has 1 aliphatic heterocycles. The normalized spacial score (nSPS) is 18.2. The van der Waals surface area contributed by atoms with Gasteiger partial charge in [0.1, 0.15) is 16.2 Å². The Balaban J connectivity index is 1.60. The van der Waals surface area contributed by atoms with Gasteiger partial charge in [-0.05, 0) is 43.4 Å². The monoisotopic (exact) mass is 346 g/mol. The lowest BCUT2D eigenvalue weighted by atomic mass is 10.1. The number of likely N-dealkylation sites (tertiary alicyclic amines) is 1. The van der Waals surface area contributed by atoms with E-state index in [0.29, 0.717) is 29.2 Å². The van der Waals surface area contributed by atoms with Crippen molar-refractivity contribution in [1.29, 1.82) is 0 Å². The number of aromatic nitrogens is 5. The highest BCUT2D eigenvalue weighted by atomic mass is 32.1. The lowest BCUT2D eigenvalue weighted by Crippen LogP contribution is -2.40. The number of benzene rings is 1. The lowest BCUT2D eigenvalue weighted by molar-refractivity contribution is 0.0678. The third-order valence-electron chi connectivity index (χ3n) is 4.31. The molecule has 7 nitrogen and oxygen atoms in total. The minimum Gasteiger partial charge on any atom is -0.336 e. The maximum Gasteiger partial charge on any atom is 0.267 e. The molecule has 4 rings (SSSR count). The quantitative estimate of drug-likeness (QED) is 0.711. The van der Waals surface area contributed by atoms with Gasteiger partial charge < -0.3 is 4.90 Å². The largest absolute Gasteiger partial charge is 0.336 e. The Bertz CT molecular complexity index is 906. The first-order chi connectivity index (χ1) is 11.6. The minimum atomic E-state index is -0.330. The molecule has 2 aromatic heterocycles. The van der Waals surface area contributed by atoms with Crippen molar-refractivity contribution in [3.8, 4) is 0 Å². The molecule has 0 spiro atoms. The predicted octanol–water partition coefficient (Wildman–Crippen LogP) is 2.21. The molecule has 0 N–H and O–H groups in total. The topological polar surface area (TPSA) is 76.8 Å². The Labute approximate surface area is 141 Å². The number of carbonyl (C=O) groups is 1. The van der Waals surface area contributed by atoms with Crippen LogP contribution in [0.2, 0.25) is 0 Å². The molecule has 24 heavy (non-hydrogen) atoms. The van der Waals surface area contributed by atoms with E-state index in [-0.39, 0.29) is 17.8 Å². The third-order valence-corrected chi connectivity index (χ3v) is 5.12. The zero-order chi connectivity index (χ0) is 16.7. The summed E-state index contributed by atoms with van der Waals surface area (Å²) in [6, 6.07) is 4.49. The van der Waals surface area contributed by atoms with E-state index >= 15 is 0 Å². The van der Waals surface area contributed by atoms with E-state index in [9.17, 15) is 9.18 Å². The summed E-state index contributed by atoms with van der Waals surface area (Å²) >= 11 is 1.13. The number of aryl methyl sites for hydroxylation is 1. The van der Waals surface area contributed by atoms with Gasteiger partial charge in [-0.3, -0.25) is 4.79 Å². The van der Waals surface area contributed by atoms with Crippen LogP contribution < -0.4 is 0 Å². The summed E-state index contributed by atoms with van der Waals surface area (Å²) in [5, 5.41) is 12.1. The van der Waals surface area contributed by atoms with Gasteiger partial charge in [0, 0.05) is 19.2 Å². The van der Waals surface area contributed by atoms with Crippen molar-refractivity contribution in [2.75, 3.05) is 13.1 Å². The number of hydrogen-bond donors (Lipinski definition) is 0. The van der Waals surface area contributed by atoms with Gasteiger partial charge in [0.2, 0.25) is 0 Å². The highest BCUT2D eigenvalue weighted by Crippen LogP contribution is 2.26. The van der Waals surface area contributed by atoms with E-state index in [4.69, 9.17) is 0 Å². The maximum absolute atomic E-state index is 13.3. The average molecular weight is 346 g/mol. The molecule has 0 unspecified atom stereocenters. The second-order valence-electron chi connectivity index (χ2n) is 5.90. The Hall–Kier alpha value is -2.42. The molecule has 1 atom stereocenters. The molecule has 0 saturated carbocycles. The Morgan fingerprint density at radius 3 is 3.04 bits per heavy atom. The van der Waals surface area contributed by atoms with Crippen molar-refractivity contribution in [3.05, 3.63) is 34.6 Å². The van der Waals surface area contributed by atoms with Gasteiger partial charge in [-0.15, -0.1) is 10.2 Å². The van der Waals surface area contributed by atoms with Gasteiger partial charge in [0.15, 0.2) is 0 Å². The SMILES string of the molecule is Cc1nnsc1C(=O)N1CCC[C@@H](n2nnc3cc(F)ccc32)C1. The molecule has 1 aromatic carbocycles. The smallest absolute Gasteiger partial charge is 0.267 e. The Morgan fingerprint density at radius 2 is 2.25 bits per heavy atom. The van der Waals surface area contributed by atoms with Crippen LogP contribution in [0.15, 0.2) is 18.2 Å². The van der Waals surface area contributed by atoms with Gasteiger partial charge in [-0.2, -0.15) is 0 Å². The first-order valence-electron chi connectivity index (χ1n) is 7.72. The number of piperidine rings is 1. The summed E-state index contributed by atoms with van der Waals surface area (Å²) in [7, 11) is 0. The van der Waals surface area contributed by atoms with Gasteiger partial charge in [0.05, 0.1) is 17.3 Å². The molecule has 3 aromatic rings. The van der Waals surface area contributed by atoms with Gasteiger partial charge in [-0.1, -0.05) is 9.70 Å². The summed E-state index contributed by atoms with van der Waals surface area (Å²) in [5.41, 5.74) is 1.97. The van der Waals surface area contributed by atoms with Crippen LogP contribution >= 0.6 is 11.5 Å². The average Bonchev–Trinajstić information content (AvgIpc) is 3.20. The van der Waals surface area contributed by atoms with Crippen LogP contribution in [-0.2, 0) is 0 Å². The molecule has 0 radical (unpaired) electrons. The van der Waals surface area contributed by atoms with Crippen LogP contribution in [0.5, 0.6) is 0 Å². The molecule has 0 aliphatic carbocycles. The highest BCUT2D eigenvalue weighted by Gasteiger charge is 2.29. The number of hydrogen-bond acceptors (Lipinski definition) is 6. The van der Waals surface area contributed by atoms with Crippen molar-refractivity contribution >= 4 is 28.5 Å². The Morgan fingerprint density at radius 1 is 1.38 bits per heavy atom. The summed E-state index contributed by atoms with van der Waals surface area (Å²) in [5.74, 6) is -0.370. The maximum atomic E-state index is 13.3. The molecule has 1 saturated heterocycles. The fourth-order valence-corrected chi connectivity index (χ4v) is 3.72. The number of nitrogens with zero attached hydrogens (tertiary/aromatic N) is 6. The standard InChI is InChI=1S/C15H15FN6OS/c1-9-14(24-20-17-9)15(23)21-6-2-3-11(8-21)22-13-5-4-10(16)7-12(13)18-19-22/h4-5,7,11H,2-3,6,8H2,1H3/t11-/m1/s1. The fraction of sp³-hybridized carbons (Fsp3) is 0.400. The van der Waals surface area contributed by atoms with E-state index in [1.165, 1.54) is 12.1 Å². The van der Waals surface area contributed by atoms with Gasteiger partial charge in [-0.25, -0.2) is 9.07 Å². The van der Waals surface area contributed by atoms with Crippen molar-refractivity contribution in [3.63, 3.8) is 0 Å². The van der Waals surface area contributed by atoms with Crippen molar-refractivity contribution in [2.24, 2.45) is 0 Å². The molecule has 0 bridgehead atoms. The van der Waals surface area contributed by atoms with E-state index in [0.717, 1.165) is 29.9 Å². The van der Waals surface area contributed by atoms with Crippen LogP contribution in [0.3, 0.4) is 0 Å². The molecular formula is C15H15FN6OS. The zero-order valence-electron chi connectivity index (χ0n) is 13.0. The van der Waals surface area contributed by atoms with Crippen LogP contribution in [0.25, 0.3) is 11.0 Å². The number of rotatable bonds is 2. The molecular weight excluding hydrogens is 331 g/mol. The third kappa shape index (κ3) is 2.54. The molecule has 1 aliphatic rings. The highest BCUT2D eigenvalue weighted by molar-refractivity contribution is 7.07. The van der Waals surface area contributed by atoms with Crippen LogP contribution in [0.1, 0.15) is 34.2 Å². The van der Waals surface area contributed by atoms with Crippen molar-refractivity contribution in [2.45, 2.75) is 25.8 Å². The van der Waals surface area contributed by atoms with Crippen molar-refractivity contribution < 1.29 is 9.18 Å². The van der Waals surface area contributed by atoms with Crippen LogP contribution in [0.4, 0.5) is 4.39 Å². The molecule has 1 amide bonds. The van der Waals surface area contributed by atoms with Gasteiger partial charge >= 0.3 is 0 Å². The number of fused-ring (bicyclic) bond motifs is 1. The first kappa shape index (κ1) is 15.1. The summed E-state index contributed by atoms with van der Waals surface area (Å²) in [6.07, 6.45) is 1.78. The van der Waals surface area contributed by atoms with E-state index in [1.54, 1.807) is 17.7 Å². The van der Waals surface area contributed by atoms with E-state index in [2.05, 4.69) is 19.9 Å². The summed E-state index contributed by atoms with van der Waals surface area (Å²) < 4.78 is 18.9. The number of amides is 1. The predicted molar refractivity (Wildman–Crippen MR) is 86.3 cm³/mol. The van der Waals surface area contributed by atoms with E-state index in [1.807, 2.05) is 4.90 Å². The fourth-order valence-electron chi connectivity index (χ4n) is 3.09. The summed E-state index contributed by atoms with van der Waals surface area (Å²) in [4.78, 5) is 15.1. The zero-order valence-corrected chi connectivity index (χ0v) is 13.8. The molecule has 9 heteroatoms. The number of halogens is 1. The first-order valence-corrected chi connectivity index (χ1v) is 8.49. The van der Waals surface area contributed by atoms with E-state index < -0.39 is 0 Å². The number of carbonyl (C=O) groups excluding carboxylic acids is 1. The van der Waals surface area contributed by atoms with Crippen molar-refractivity contribution in [1.82, 2.24) is 29.5 Å². The molecule has 124 valence electrons. The summed E-state index contributed by atoms with van der Waals surface area (Å²) in [6.45, 7) is 3.04. The molecule has 3 heterocycles. The van der Waals surface area contributed by atoms with Crippen LogP contribution in [-0.4, -0.2) is 48.5 Å². The second-order valence-corrected chi connectivity index (χ2v) is 6.66. The Kier molecular flexibility index (Phi) is 3.72. The second kappa shape index (κ2) is 5.90. The van der Waals surface area contributed by atoms with Gasteiger partial charge in [0.25, 0.3) is 5.91 Å².